The van der Waals surface area contributed by atoms with Gasteiger partial charge in [0.1, 0.15) is 0 Å². The molecule has 1 rings (SSSR count). The van der Waals surface area contributed by atoms with Gasteiger partial charge in [0.25, 0.3) is 0 Å². The van der Waals surface area contributed by atoms with Crippen LogP contribution in [0.15, 0.2) is 0 Å². The highest BCUT2D eigenvalue weighted by atomic mass is 19.4. The zero-order valence-electron chi connectivity index (χ0n) is 14.4. The van der Waals surface area contributed by atoms with Crippen molar-refractivity contribution in [3.8, 4) is 0 Å². The molecule has 168 valence electrons. The molecule has 0 bridgehead atoms. The standard InChI is InChI=1S/C15H19F11O2/c16-11(17,6-3-7-27-9-5-10-4-1-2-8-28-10)12(18,19)13(20,21)14(22,23)15(24,25)26/h10H,1-9H2. The summed E-state index contributed by atoms with van der Waals surface area (Å²) in [5, 5.41) is 0. The number of rotatable bonds is 10. The van der Waals surface area contributed by atoms with Gasteiger partial charge >= 0.3 is 29.9 Å². The molecule has 13 heteroatoms. The van der Waals surface area contributed by atoms with Gasteiger partial charge in [-0.05, 0) is 32.1 Å². The molecular weight excluding hydrogens is 421 g/mol. The van der Waals surface area contributed by atoms with Crippen LogP contribution in [0.25, 0.3) is 0 Å². The summed E-state index contributed by atoms with van der Waals surface area (Å²) in [6.07, 6.45) is -7.35. The van der Waals surface area contributed by atoms with Crippen molar-refractivity contribution in [1.29, 1.82) is 0 Å². The second kappa shape index (κ2) is 8.88. The SMILES string of the molecule is FC(F)(F)C(F)(F)C(F)(F)C(F)(F)C(F)(F)CCCOCCC1CCCCO1. The van der Waals surface area contributed by atoms with Gasteiger partial charge in [-0.3, -0.25) is 0 Å². The third-order valence-electron chi connectivity index (χ3n) is 4.24. The predicted octanol–water partition coefficient (Wildman–Crippen LogP) is 5.85. The summed E-state index contributed by atoms with van der Waals surface area (Å²) < 4.78 is 151. The fraction of sp³-hybridized carbons (Fsp3) is 1.00. The second-order valence-corrected chi connectivity index (χ2v) is 6.42. The van der Waals surface area contributed by atoms with E-state index in [1.165, 1.54) is 0 Å². The Bertz CT molecular complexity index is 485. The predicted molar refractivity (Wildman–Crippen MR) is 74.1 cm³/mol. The average molecular weight is 440 g/mol. The molecule has 1 unspecified atom stereocenters. The van der Waals surface area contributed by atoms with E-state index in [0.29, 0.717) is 13.0 Å². The van der Waals surface area contributed by atoms with Crippen molar-refractivity contribution in [2.75, 3.05) is 19.8 Å². The zero-order valence-corrected chi connectivity index (χ0v) is 14.4. The van der Waals surface area contributed by atoms with E-state index in [9.17, 15) is 48.3 Å². The minimum absolute atomic E-state index is 0.00502. The first kappa shape index (κ1) is 25.2. The number of ether oxygens (including phenoxy) is 2. The summed E-state index contributed by atoms with van der Waals surface area (Å²) >= 11 is 0. The normalized spacial score (nSPS) is 20.5. The molecule has 1 aliphatic rings. The molecule has 0 aromatic rings. The van der Waals surface area contributed by atoms with E-state index in [-0.39, 0.29) is 12.7 Å². The highest BCUT2D eigenvalue weighted by Gasteiger charge is 2.86. The molecule has 1 heterocycles. The summed E-state index contributed by atoms with van der Waals surface area (Å²) in [5.74, 6) is -27.4. The van der Waals surface area contributed by atoms with E-state index in [2.05, 4.69) is 0 Å². The minimum atomic E-state index is -7.35. The van der Waals surface area contributed by atoms with Crippen molar-refractivity contribution >= 4 is 0 Å². The highest BCUT2D eigenvalue weighted by molar-refractivity contribution is 5.06. The van der Waals surface area contributed by atoms with Gasteiger partial charge in [-0.25, -0.2) is 0 Å². The quantitative estimate of drug-likeness (QED) is 0.314. The van der Waals surface area contributed by atoms with Crippen molar-refractivity contribution in [1.82, 2.24) is 0 Å². The van der Waals surface area contributed by atoms with E-state index >= 15 is 0 Å². The van der Waals surface area contributed by atoms with Gasteiger partial charge in [0.15, 0.2) is 0 Å². The fourth-order valence-corrected chi connectivity index (χ4v) is 2.51. The molecule has 2 nitrogen and oxygen atoms in total. The zero-order chi connectivity index (χ0) is 21.9. The Morgan fingerprint density at radius 1 is 0.750 bits per heavy atom. The largest absolute Gasteiger partial charge is 0.460 e. The van der Waals surface area contributed by atoms with Gasteiger partial charge in [0.2, 0.25) is 0 Å². The van der Waals surface area contributed by atoms with Crippen LogP contribution in [-0.4, -0.2) is 55.8 Å². The Hall–Kier alpha value is -0.850. The van der Waals surface area contributed by atoms with Crippen molar-refractivity contribution in [3.05, 3.63) is 0 Å². The van der Waals surface area contributed by atoms with Crippen LogP contribution < -0.4 is 0 Å². The topological polar surface area (TPSA) is 18.5 Å². The summed E-state index contributed by atoms with van der Waals surface area (Å²) in [6, 6.07) is 0. The van der Waals surface area contributed by atoms with Crippen molar-refractivity contribution < 1.29 is 57.8 Å². The number of halogens is 11. The van der Waals surface area contributed by atoms with Crippen LogP contribution in [0.2, 0.25) is 0 Å². The fourth-order valence-electron chi connectivity index (χ4n) is 2.51. The maximum absolute atomic E-state index is 13.4. The Morgan fingerprint density at radius 2 is 1.36 bits per heavy atom. The van der Waals surface area contributed by atoms with Gasteiger partial charge in [0.05, 0.1) is 6.10 Å². The molecule has 1 saturated heterocycles. The van der Waals surface area contributed by atoms with Gasteiger partial charge in [-0.15, -0.1) is 0 Å². The van der Waals surface area contributed by atoms with Gasteiger partial charge in [-0.1, -0.05) is 0 Å². The lowest BCUT2D eigenvalue weighted by Gasteiger charge is -2.37. The Kier molecular flexibility index (Phi) is 7.99. The molecule has 1 atom stereocenters. The first-order valence-corrected chi connectivity index (χ1v) is 8.35. The molecule has 0 radical (unpaired) electrons. The van der Waals surface area contributed by atoms with Crippen LogP contribution in [0.5, 0.6) is 0 Å². The lowest BCUT2D eigenvalue weighted by Crippen LogP contribution is -2.66. The molecule has 0 saturated carbocycles. The third-order valence-corrected chi connectivity index (χ3v) is 4.24. The Balaban J connectivity index is 2.56. The van der Waals surface area contributed by atoms with Gasteiger partial charge in [0, 0.05) is 26.2 Å². The lowest BCUT2D eigenvalue weighted by molar-refractivity contribution is -0.422. The minimum Gasteiger partial charge on any atom is -0.381 e. The van der Waals surface area contributed by atoms with Crippen LogP contribution in [0.3, 0.4) is 0 Å². The van der Waals surface area contributed by atoms with Crippen LogP contribution >= 0.6 is 0 Å². The smallest absolute Gasteiger partial charge is 0.381 e. The van der Waals surface area contributed by atoms with Gasteiger partial charge < -0.3 is 9.47 Å². The summed E-state index contributed by atoms with van der Waals surface area (Å²) in [5.41, 5.74) is 0. The van der Waals surface area contributed by atoms with Crippen LogP contribution in [0.1, 0.15) is 38.5 Å². The van der Waals surface area contributed by atoms with Crippen LogP contribution in [-0.2, 0) is 9.47 Å². The summed E-state index contributed by atoms with van der Waals surface area (Å²) in [4.78, 5) is 0. The number of alkyl halides is 11. The van der Waals surface area contributed by atoms with E-state index in [1.807, 2.05) is 0 Å². The third kappa shape index (κ3) is 5.19. The molecule has 0 aromatic heterocycles. The molecule has 0 aromatic carbocycles. The number of hydrogen-bond acceptors (Lipinski definition) is 2. The van der Waals surface area contributed by atoms with Gasteiger partial charge in [-0.2, -0.15) is 48.3 Å². The maximum atomic E-state index is 13.4. The van der Waals surface area contributed by atoms with Crippen molar-refractivity contribution in [2.45, 2.75) is 74.5 Å². The summed E-state index contributed by atoms with van der Waals surface area (Å²) in [7, 11) is 0. The molecule has 1 aliphatic heterocycles. The maximum Gasteiger partial charge on any atom is 0.460 e. The van der Waals surface area contributed by atoms with Crippen LogP contribution in [0.4, 0.5) is 48.3 Å². The number of hydrogen-bond donors (Lipinski definition) is 0. The van der Waals surface area contributed by atoms with E-state index in [1.54, 1.807) is 0 Å². The monoisotopic (exact) mass is 440 g/mol. The van der Waals surface area contributed by atoms with E-state index in [0.717, 1.165) is 19.3 Å². The molecule has 28 heavy (non-hydrogen) atoms. The molecule has 0 spiro atoms. The van der Waals surface area contributed by atoms with E-state index < -0.39 is 49.3 Å². The van der Waals surface area contributed by atoms with Crippen molar-refractivity contribution in [3.63, 3.8) is 0 Å². The first-order chi connectivity index (χ1) is 12.6. The van der Waals surface area contributed by atoms with E-state index in [4.69, 9.17) is 9.47 Å². The molecule has 1 fully saturated rings. The Labute approximate surface area is 153 Å². The first-order valence-electron chi connectivity index (χ1n) is 8.35. The summed E-state index contributed by atoms with van der Waals surface area (Å²) in [6.45, 7) is -0.0582. The highest BCUT2D eigenvalue weighted by Crippen LogP contribution is 2.58. The molecule has 0 N–H and O–H groups in total. The molecule has 0 aliphatic carbocycles. The molecular formula is C15H19F11O2. The second-order valence-electron chi connectivity index (χ2n) is 6.42. The lowest BCUT2D eigenvalue weighted by atomic mass is 9.95. The average Bonchev–Trinajstić information content (AvgIpc) is 2.57. The Morgan fingerprint density at radius 3 is 1.86 bits per heavy atom. The molecule has 0 amide bonds. The van der Waals surface area contributed by atoms with Crippen LogP contribution in [0, 0.1) is 0 Å². The van der Waals surface area contributed by atoms with Crippen molar-refractivity contribution in [2.24, 2.45) is 0 Å².